The number of H-pyrrole nitrogens is 1. The van der Waals surface area contributed by atoms with Crippen molar-refractivity contribution < 1.29 is 13.6 Å². The number of hydrogen-bond donors (Lipinski definition) is 2. The average Bonchev–Trinajstić information content (AvgIpc) is 2.89. The minimum atomic E-state index is -0.937. The number of carbonyl (C=O) groups excluding carboxylic acids is 1. The van der Waals surface area contributed by atoms with Crippen LogP contribution in [0.15, 0.2) is 42.5 Å². The molecule has 0 saturated heterocycles. The van der Waals surface area contributed by atoms with Gasteiger partial charge in [0.05, 0.1) is 16.4 Å². The summed E-state index contributed by atoms with van der Waals surface area (Å²) in [5.74, 6) is -2.77. The van der Waals surface area contributed by atoms with Crippen LogP contribution in [0.3, 0.4) is 0 Å². The van der Waals surface area contributed by atoms with E-state index in [1.165, 1.54) is 6.07 Å². The van der Waals surface area contributed by atoms with Crippen LogP contribution in [0.2, 0.25) is 5.02 Å². The van der Waals surface area contributed by atoms with E-state index in [1.807, 2.05) is 0 Å². The van der Waals surface area contributed by atoms with Crippen LogP contribution in [0.5, 0.6) is 0 Å². The number of nitrogens with zero attached hydrogens (tertiary/aromatic N) is 1. The van der Waals surface area contributed by atoms with Crippen LogP contribution >= 0.6 is 11.6 Å². The number of rotatable bonds is 3. The molecule has 0 bridgehead atoms. The highest BCUT2D eigenvalue weighted by Gasteiger charge is 2.21. The lowest BCUT2D eigenvalue weighted by molar-refractivity contribution is 0.101. The molecule has 0 aliphatic heterocycles. The van der Waals surface area contributed by atoms with Gasteiger partial charge in [0.1, 0.15) is 22.9 Å². The van der Waals surface area contributed by atoms with Crippen LogP contribution in [-0.4, -0.2) is 16.1 Å². The molecule has 1 amide bonds. The fraction of sp³-hybridized carbons (Fsp3) is 0.0588. The highest BCUT2D eigenvalue weighted by Crippen LogP contribution is 2.33. The molecule has 0 radical (unpaired) electrons. The summed E-state index contributed by atoms with van der Waals surface area (Å²) >= 11 is 6.16. The van der Waals surface area contributed by atoms with Gasteiger partial charge in [-0.1, -0.05) is 35.9 Å². The molecule has 0 unspecified atom stereocenters. The number of hydrogen-bond acceptors (Lipinski definition) is 2. The monoisotopic (exact) mass is 347 g/mol. The molecule has 122 valence electrons. The fourth-order valence-corrected chi connectivity index (χ4v) is 2.55. The van der Waals surface area contributed by atoms with Crippen molar-refractivity contribution in [2.24, 2.45) is 0 Å². The molecular weight excluding hydrogens is 336 g/mol. The molecule has 2 aromatic carbocycles. The summed E-state index contributed by atoms with van der Waals surface area (Å²) in [4.78, 5) is 12.3. The smallest absolute Gasteiger partial charge is 0.261 e. The van der Waals surface area contributed by atoms with E-state index in [9.17, 15) is 13.6 Å². The Morgan fingerprint density at radius 2 is 1.79 bits per heavy atom. The van der Waals surface area contributed by atoms with Gasteiger partial charge in [-0.15, -0.1) is 0 Å². The molecule has 2 N–H and O–H groups in total. The highest BCUT2D eigenvalue weighted by molar-refractivity contribution is 6.33. The van der Waals surface area contributed by atoms with E-state index < -0.39 is 23.1 Å². The Balaban J connectivity index is 2.01. The van der Waals surface area contributed by atoms with Crippen molar-refractivity contribution in [3.8, 4) is 11.3 Å². The van der Waals surface area contributed by atoms with Crippen molar-refractivity contribution in [2.75, 3.05) is 5.32 Å². The molecule has 0 fully saturated rings. The molecule has 0 saturated carbocycles. The zero-order valence-corrected chi connectivity index (χ0v) is 13.3. The van der Waals surface area contributed by atoms with Gasteiger partial charge in [0.25, 0.3) is 5.91 Å². The van der Waals surface area contributed by atoms with Gasteiger partial charge in [-0.05, 0) is 25.1 Å². The van der Waals surface area contributed by atoms with Crippen LogP contribution in [0.1, 0.15) is 16.1 Å². The third-order valence-corrected chi connectivity index (χ3v) is 3.83. The summed E-state index contributed by atoms with van der Waals surface area (Å²) < 4.78 is 27.5. The lowest BCUT2D eigenvalue weighted by atomic mass is 10.1. The lowest BCUT2D eigenvalue weighted by Gasteiger charge is -2.09. The second kappa shape index (κ2) is 6.41. The third-order valence-electron chi connectivity index (χ3n) is 3.50. The number of amides is 1. The van der Waals surface area contributed by atoms with Crippen molar-refractivity contribution in [3.05, 3.63) is 70.4 Å². The highest BCUT2D eigenvalue weighted by atomic mass is 35.5. The molecule has 4 nitrogen and oxygen atoms in total. The molecule has 7 heteroatoms. The minimum Gasteiger partial charge on any atom is -0.318 e. The van der Waals surface area contributed by atoms with Gasteiger partial charge in [-0.2, -0.15) is 5.10 Å². The van der Waals surface area contributed by atoms with Crippen molar-refractivity contribution >= 4 is 23.2 Å². The van der Waals surface area contributed by atoms with E-state index in [1.54, 1.807) is 31.2 Å². The van der Waals surface area contributed by atoms with Crippen molar-refractivity contribution in [3.63, 3.8) is 0 Å². The predicted octanol–water partition coefficient (Wildman–Crippen LogP) is 4.57. The Bertz CT molecular complexity index is 904. The third kappa shape index (κ3) is 2.88. The maximum absolute atomic E-state index is 13.8. The largest absolute Gasteiger partial charge is 0.318 e. The topological polar surface area (TPSA) is 57.8 Å². The molecule has 1 aromatic heterocycles. The van der Waals surface area contributed by atoms with Gasteiger partial charge in [0.15, 0.2) is 0 Å². The number of aromatic nitrogens is 2. The van der Waals surface area contributed by atoms with Gasteiger partial charge in [-0.25, -0.2) is 8.78 Å². The maximum Gasteiger partial charge on any atom is 0.261 e. The van der Waals surface area contributed by atoms with Gasteiger partial charge in [-0.3, -0.25) is 9.89 Å². The first kappa shape index (κ1) is 16.1. The zero-order chi connectivity index (χ0) is 17.3. The molecule has 3 aromatic rings. The Hall–Kier alpha value is -2.73. The Morgan fingerprint density at radius 1 is 1.12 bits per heavy atom. The van der Waals surface area contributed by atoms with Crippen LogP contribution in [0.25, 0.3) is 11.3 Å². The van der Waals surface area contributed by atoms with E-state index in [0.29, 0.717) is 27.7 Å². The Kier molecular flexibility index (Phi) is 4.31. The second-order valence-corrected chi connectivity index (χ2v) is 5.51. The van der Waals surface area contributed by atoms with Crippen molar-refractivity contribution in [1.29, 1.82) is 0 Å². The number of halogens is 3. The van der Waals surface area contributed by atoms with E-state index in [2.05, 4.69) is 15.5 Å². The first-order valence-corrected chi connectivity index (χ1v) is 7.42. The fourth-order valence-electron chi connectivity index (χ4n) is 2.32. The Labute approximate surface area is 141 Å². The number of anilines is 1. The van der Waals surface area contributed by atoms with E-state index in [4.69, 9.17) is 11.6 Å². The molecule has 0 aliphatic rings. The Morgan fingerprint density at radius 3 is 2.46 bits per heavy atom. The number of aryl methyl sites for hydroxylation is 1. The summed E-state index contributed by atoms with van der Waals surface area (Å²) in [6.45, 7) is 1.68. The van der Waals surface area contributed by atoms with E-state index >= 15 is 0 Å². The normalized spacial score (nSPS) is 10.7. The summed E-state index contributed by atoms with van der Waals surface area (Å²) in [6.07, 6.45) is 0. The van der Waals surface area contributed by atoms with Gasteiger partial charge < -0.3 is 5.32 Å². The molecule has 3 rings (SSSR count). The first-order chi connectivity index (χ1) is 11.5. The molecular formula is C17H12ClF2N3O. The second-order valence-electron chi connectivity index (χ2n) is 5.10. The predicted molar refractivity (Wildman–Crippen MR) is 88.1 cm³/mol. The summed E-state index contributed by atoms with van der Waals surface area (Å²) in [5, 5.41) is 9.82. The van der Waals surface area contributed by atoms with Crippen LogP contribution in [-0.2, 0) is 0 Å². The van der Waals surface area contributed by atoms with E-state index in [0.717, 1.165) is 12.1 Å². The molecule has 0 atom stereocenters. The number of benzene rings is 2. The summed E-state index contributed by atoms with van der Waals surface area (Å²) in [7, 11) is 0. The number of carbonyl (C=O) groups is 1. The lowest BCUT2D eigenvalue weighted by Crippen LogP contribution is -2.16. The van der Waals surface area contributed by atoms with Crippen LogP contribution < -0.4 is 5.32 Å². The first-order valence-electron chi connectivity index (χ1n) is 7.04. The SMILES string of the molecule is Cc1[nH]nc(-c2ccccc2Cl)c1NC(=O)c1c(F)cccc1F. The molecule has 0 spiro atoms. The van der Waals surface area contributed by atoms with E-state index in [-0.39, 0.29) is 0 Å². The van der Waals surface area contributed by atoms with Crippen molar-refractivity contribution in [2.45, 2.75) is 6.92 Å². The quantitative estimate of drug-likeness (QED) is 0.729. The van der Waals surface area contributed by atoms with Gasteiger partial charge in [0, 0.05) is 5.56 Å². The number of aromatic amines is 1. The number of nitrogens with one attached hydrogen (secondary N) is 2. The zero-order valence-electron chi connectivity index (χ0n) is 12.5. The molecule has 24 heavy (non-hydrogen) atoms. The summed E-state index contributed by atoms with van der Waals surface area (Å²) in [6, 6.07) is 10.2. The molecule has 0 aliphatic carbocycles. The van der Waals surface area contributed by atoms with Crippen LogP contribution in [0.4, 0.5) is 14.5 Å². The summed E-state index contributed by atoms with van der Waals surface area (Å²) in [5.41, 5.74) is 1.19. The average molecular weight is 348 g/mol. The van der Waals surface area contributed by atoms with Gasteiger partial charge >= 0.3 is 0 Å². The van der Waals surface area contributed by atoms with Crippen LogP contribution in [0, 0.1) is 18.6 Å². The maximum atomic E-state index is 13.8. The van der Waals surface area contributed by atoms with Crippen molar-refractivity contribution in [1.82, 2.24) is 10.2 Å². The van der Waals surface area contributed by atoms with Gasteiger partial charge in [0.2, 0.25) is 0 Å². The minimum absolute atomic E-state index is 0.316. The molecule has 1 heterocycles. The standard InChI is InChI=1S/C17H12ClF2N3O/c1-9-15(16(23-22-9)10-5-2-3-6-11(10)18)21-17(24)14-12(19)7-4-8-13(14)20/h2-8H,1H3,(H,21,24)(H,22,23).